The topological polar surface area (TPSA) is 56.5 Å². The van der Waals surface area contributed by atoms with E-state index < -0.39 is 6.10 Å². The average molecular weight is 297 g/mol. The molecule has 0 unspecified atom stereocenters. The monoisotopic (exact) mass is 296 g/mol. The molecule has 2 rings (SSSR count). The van der Waals surface area contributed by atoms with Crippen molar-refractivity contribution in [2.45, 2.75) is 12.6 Å². The summed E-state index contributed by atoms with van der Waals surface area (Å²) in [5, 5.41) is 14.7. The smallest absolute Gasteiger partial charge is 0.128 e. The van der Waals surface area contributed by atoms with Crippen molar-refractivity contribution >= 4 is 11.6 Å². The summed E-state index contributed by atoms with van der Waals surface area (Å²) in [6, 6.07) is 7.25. The van der Waals surface area contributed by atoms with E-state index in [4.69, 9.17) is 21.1 Å². The van der Waals surface area contributed by atoms with Gasteiger partial charge in [-0.05, 0) is 24.3 Å². The SMILES string of the molecule is COC[C@H](O)Cn1nccc1-c1cc(Cl)ccc1OC. The quantitative estimate of drug-likeness (QED) is 0.888. The van der Waals surface area contributed by atoms with Gasteiger partial charge >= 0.3 is 0 Å². The van der Waals surface area contributed by atoms with Gasteiger partial charge in [-0.2, -0.15) is 5.10 Å². The normalized spacial score (nSPS) is 12.4. The fourth-order valence-corrected chi connectivity index (χ4v) is 2.20. The summed E-state index contributed by atoms with van der Waals surface area (Å²) in [4.78, 5) is 0. The van der Waals surface area contributed by atoms with Crippen LogP contribution in [0.5, 0.6) is 5.75 Å². The zero-order chi connectivity index (χ0) is 14.5. The van der Waals surface area contributed by atoms with Crippen molar-refractivity contribution in [1.29, 1.82) is 0 Å². The van der Waals surface area contributed by atoms with Gasteiger partial charge in [-0.25, -0.2) is 0 Å². The van der Waals surface area contributed by atoms with Crippen LogP contribution in [0.4, 0.5) is 0 Å². The number of aliphatic hydroxyl groups is 1. The summed E-state index contributed by atoms with van der Waals surface area (Å²) < 4.78 is 12.0. The van der Waals surface area contributed by atoms with Gasteiger partial charge in [0.15, 0.2) is 0 Å². The molecule has 1 N–H and O–H groups in total. The number of aromatic nitrogens is 2. The van der Waals surface area contributed by atoms with E-state index in [0.29, 0.717) is 17.3 Å². The Morgan fingerprint density at radius 1 is 1.35 bits per heavy atom. The molecule has 108 valence electrons. The molecule has 0 spiro atoms. The molecule has 1 aromatic heterocycles. The molecule has 1 heterocycles. The van der Waals surface area contributed by atoms with E-state index in [1.54, 1.807) is 37.2 Å². The summed E-state index contributed by atoms with van der Waals surface area (Å²) in [5.41, 5.74) is 1.67. The van der Waals surface area contributed by atoms with Gasteiger partial charge in [0.1, 0.15) is 5.75 Å². The Balaban J connectivity index is 2.34. The number of halogens is 1. The molecule has 6 heteroatoms. The summed E-state index contributed by atoms with van der Waals surface area (Å²) in [7, 11) is 3.15. The molecule has 0 amide bonds. The summed E-state index contributed by atoms with van der Waals surface area (Å²) >= 11 is 6.04. The molecule has 20 heavy (non-hydrogen) atoms. The first kappa shape index (κ1) is 14.8. The second kappa shape index (κ2) is 6.74. The first-order chi connectivity index (χ1) is 9.65. The molecule has 0 fully saturated rings. The van der Waals surface area contributed by atoms with Crippen LogP contribution in [-0.4, -0.2) is 41.8 Å². The lowest BCUT2D eigenvalue weighted by Gasteiger charge is -2.14. The van der Waals surface area contributed by atoms with Crippen LogP contribution in [0.15, 0.2) is 30.5 Å². The molecule has 0 aliphatic rings. The molecular weight excluding hydrogens is 280 g/mol. The molecule has 0 aliphatic carbocycles. The number of nitrogens with zero attached hydrogens (tertiary/aromatic N) is 2. The fourth-order valence-electron chi connectivity index (χ4n) is 2.03. The van der Waals surface area contributed by atoms with E-state index in [-0.39, 0.29) is 6.61 Å². The molecule has 0 aliphatic heterocycles. The van der Waals surface area contributed by atoms with Crippen molar-refractivity contribution in [1.82, 2.24) is 9.78 Å². The lowest BCUT2D eigenvalue weighted by atomic mass is 10.1. The van der Waals surface area contributed by atoms with Crippen LogP contribution in [0.25, 0.3) is 11.3 Å². The van der Waals surface area contributed by atoms with Gasteiger partial charge in [-0.3, -0.25) is 4.68 Å². The Kier molecular flexibility index (Phi) is 5.00. The van der Waals surface area contributed by atoms with Crippen LogP contribution in [0.1, 0.15) is 0 Å². The Morgan fingerprint density at radius 3 is 2.85 bits per heavy atom. The minimum atomic E-state index is -0.621. The van der Waals surface area contributed by atoms with Crippen LogP contribution in [0, 0.1) is 0 Å². The predicted octanol–water partition coefficient (Wildman–Crippen LogP) is 2.22. The van der Waals surface area contributed by atoms with Crippen LogP contribution in [0.3, 0.4) is 0 Å². The first-order valence-electron chi connectivity index (χ1n) is 6.18. The summed E-state index contributed by atoms with van der Waals surface area (Å²) in [6.07, 6.45) is 1.05. The highest BCUT2D eigenvalue weighted by atomic mass is 35.5. The first-order valence-corrected chi connectivity index (χ1v) is 6.56. The number of hydrogen-bond donors (Lipinski definition) is 1. The van der Waals surface area contributed by atoms with Crippen molar-refractivity contribution in [3.63, 3.8) is 0 Å². The van der Waals surface area contributed by atoms with Crippen molar-refractivity contribution < 1.29 is 14.6 Å². The maximum absolute atomic E-state index is 9.83. The van der Waals surface area contributed by atoms with E-state index in [9.17, 15) is 5.11 Å². The van der Waals surface area contributed by atoms with Crippen LogP contribution >= 0.6 is 11.6 Å². The molecule has 0 radical (unpaired) electrons. The lowest BCUT2D eigenvalue weighted by molar-refractivity contribution is 0.0517. The van der Waals surface area contributed by atoms with Crippen LogP contribution in [-0.2, 0) is 11.3 Å². The van der Waals surface area contributed by atoms with Crippen molar-refractivity contribution in [3.8, 4) is 17.0 Å². The Morgan fingerprint density at radius 2 is 2.15 bits per heavy atom. The highest BCUT2D eigenvalue weighted by Crippen LogP contribution is 2.32. The second-order valence-electron chi connectivity index (χ2n) is 4.35. The van der Waals surface area contributed by atoms with Gasteiger partial charge < -0.3 is 14.6 Å². The molecule has 0 saturated heterocycles. The highest BCUT2D eigenvalue weighted by molar-refractivity contribution is 6.30. The summed E-state index contributed by atoms with van der Waals surface area (Å²) in [6.45, 7) is 0.595. The highest BCUT2D eigenvalue weighted by Gasteiger charge is 2.14. The van der Waals surface area contributed by atoms with E-state index in [1.807, 2.05) is 12.1 Å². The fraction of sp³-hybridized carbons (Fsp3) is 0.357. The number of hydrogen-bond acceptors (Lipinski definition) is 4. The average Bonchev–Trinajstić information content (AvgIpc) is 2.86. The number of aliphatic hydroxyl groups excluding tert-OH is 1. The van der Waals surface area contributed by atoms with Gasteiger partial charge in [-0.1, -0.05) is 11.6 Å². The third-order valence-corrected chi connectivity index (χ3v) is 3.13. The van der Waals surface area contributed by atoms with E-state index in [1.165, 1.54) is 0 Å². The van der Waals surface area contributed by atoms with Gasteiger partial charge in [0.05, 0.1) is 32.1 Å². The Bertz CT molecular complexity index is 571. The van der Waals surface area contributed by atoms with Crippen molar-refractivity contribution in [3.05, 3.63) is 35.5 Å². The maximum Gasteiger partial charge on any atom is 0.128 e. The van der Waals surface area contributed by atoms with Crippen LogP contribution in [0.2, 0.25) is 5.02 Å². The zero-order valence-electron chi connectivity index (χ0n) is 11.4. The van der Waals surface area contributed by atoms with Crippen LogP contribution < -0.4 is 4.74 Å². The van der Waals surface area contributed by atoms with Crippen molar-refractivity contribution in [2.24, 2.45) is 0 Å². The molecule has 0 saturated carbocycles. The predicted molar refractivity (Wildman–Crippen MR) is 77.1 cm³/mol. The standard InChI is InChI=1S/C14H17ClN2O3/c1-19-9-11(18)8-17-13(5-6-16-17)12-7-10(15)3-4-14(12)20-2/h3-7,11,18H,8-9H2,1-2H3/t11-/m1/s1. The molecular formula is C14H17ClN2O3. The number of ether oxygens (including phenoxy) is 2. The summed E-state index contributed by atoms with van der Waals surface area (Å²) in [5.74, 6) is 0.706. The second-order valence-corrected chi connectivity index (χ2v) is 4.79. The molecule has 2 aromatic rings. The lowest BCUT2D eigenvalue weighted by Crippen LogP contribution is -2.22. The molecule has 0 bridgehead atoms. The Hall–Kier alpha value is -1.56. The van der Waals surface area contributed by atoms with E-state index >= 15 is 0 Å². The van der Waals surface area contributed by atoms with Crippen molar-refractivity contribution in [2.75, 3.05) is 20.8 Å². The number of benzene rings is 1. The van der Waals surface area contributed by atoms with E-state index in [2.05, 4.69) is 5.10 Å². The molecule has 1 aromatic carbocycles. The molecule has 5 nitrogen and oxygen atoms in total. The number of methoxy groups -OCH3 is 2. The van der Waals surface area contributed by atoms with Gasteiger partial charge in [0.2, 0.25) is 0 Å². The molecule has 1 atom stereocenters. The Labute approximate surface area is 122 Å². The van der Waals surface area contributed by atoms with Gasteiger partial charge in [0.25, 0.3) is 0 Å². The minimum absolute atomic E-state index is 0.256. The van der Waals surface area contributed by atoms with Gasteiger partial charge in [0, 0.05) is 23.9 Å². The van der Waals surface area contributed by atoms with Gasteiger partial charge in [-0.15, -0.1) is 0 Å². The third kappa shape index (κ3) is 3.30. The largest absolute Gasteiger partial charge is 0.496 e. The maximum atomic E-state index is 9.83. The van der Waals surface area contributed by atoms with E-state index in [0.717, 1.165) is 11.3 Å². The zero-order valence-corrected chi connectivity index (χ0v) is 12.2. The third-order valence-electron chi connectivity index (χ3n) is 2.90. The minimum Gasteiger partial charge on any atom is -0.496 e. The number of rotatable bonds is 6.